The van der Waals surface area contributed by atoms with Crippen LogP contribution in [-0.4, -0.2) is 25.7 Å². The lowest BCUT2D eigenvalue weighted by molar-refractivity contribution is 0.120. The van der Waals surface area contributed by atoms with Gasteiger partial charge in [0.25, 0.3) is 0 Å². The van der Waals surface area contributed by atoms with E-state index in [-0.39, 0.29) is 12.1 Å². The van der Waals surface area contributed by atoms with Crippen LogP contribution in [0.1, 0.15) is 30.6 Å². The molecule has 1 aliphatic carbocycles. The highest BCUT2D eigenvalue weighted by atomic mass is 32.2. The van der Waals surface area contributed by atoms with Crippen LogP contribution in [0.2, 0.25) is 0 Å². The molecule has 6 heteroatoms. The van der Waals surface area contributed by atoms with Crippen molar-refractivity contribution >= 4 is 31.4 Å². The molecule has 0 atom stereocenters. The Kier molecular flexibility index (Phi) is 4.05. The normalized spacial score (nSPS) is 23.5. The second-order valence-corrected chi connectivity index (χ2v) is 8.52. The van der Waals surface area contributed by atoms with Crippen LogP contribution in [-0.2, 0) is 10.0 Å². The molecule has 1 heterocycles. The molecule has 1 fully saturated rings. The molecule has 0 unspecified atom stereocenters. The molecule has 1 saturated carbocycles. The average molecular weight is 325 g/mol. The molecule has 0 radical (unpaired) electrons. The molecule has 4 nitrogen and oxygen atoms in total. The van der Waals surface area contributed by atoms with Gasteiger partial charge in [-0.25, -0.2) is 13.1 Å². The molecule has 0 saturated heterocycles. The molecule has 21 heavy (non-hydrogen) atoms. The fraction of sp³-hybridized carbons (Fsp3) is 0.467. The molecule has 0 amide bonds. The van der Waals surface area contributed by atoms with Gasteiger partial charge in [-0.1, -0.05) is 18.2 Å². The average Bonchev–Trinajstić information content (AvgIpc) is 2.77. The van der Waals surface area contributed by atoms with E-state index in [9.17, 15) is 13.5 Å². The Morgan fingerprint density at radius 1 is 1.19 bits per heavy atom. The van der Waals surface area contributed by atoms with E-state index >= 15 is 0 Å². The summed E-state index contributed by atoms with van der Waals surface area (Å²) in [7, 11) is -3.51. The van der Waals surface area contributed by atoms with Crippen LogP contribution in [0.4, 0.5) is 0 Å². The molecule has 1 aliphatic rings. The largest absolute Gasteiger partial charge is 0.393 e. The topological polar surface area (TPSA) is 66.4 Å². The number of sulfonamides is 1. The number of hydrogen-bond acceptors (Lipinski definition) is 4. The van der Waals surface area contributed by atoms with E-state index in [1.54, 1.807) is 0 Å². The van der Waals surface area contributed by atoms with Gasteiger partial charge in [-0.2, -0.15) is 0 Å². The lowest BCUT2D eigenvalue weighted by Crippen LogP contribution is -2.38. The van der Waals surface area contributed by atoms with Crippen molar-refractivity contribution < 1.29 is 13.5 Å². The van der Waals surface area contributed by atoms with Gasteiger partial charge in [-0.3, -0.25) is 0 Å². The lowest BCUT2D eigenvalue weighted by atomic mass is 9.94. The summed E-state index contributed by atoms with van der Waals surface area (Å²) in [6, 6.07) is 7.52. The Labute approximate surface area is 128 Å². The van der Waals surface area contributed by atoms with E-state index in [0.29, 0.717) is 30.6 Å². The van der Waals surface area contributed by atoms with E-state index in [2.05, 4.69) is 4.72 Å². The summed E-state index contributed by atoms with van der Waals surface area (Å²) in [4.78, 5) is 1.23. The van der Waals surface area contributed by atoms with Crippen molar-refractivity contribution in [1.29, 1.82) is 0 Å². The van der Waals surface area contributed by atoms with Crippen LogP contribution in [0.25, 0.3) is 10.1 Å². The molecule has 1 aromatic carbocycles. The van der Waals surface area contributed by atoms with Gasteiger partial charge < -0.3 is 5.11 Å². The van der Waals surface area contributed by atoms with E-state index < -0.39 is 10.0 Å². The van der Waals surface area contributed by atoms with Gasteiger partial charge in [-0.15, -0.1) is 11.3 Å². The second-order valence-electron chi connectivity index (χ2n) is 5.61. The molecular weight excluding hydrogens is 306 g/mol. The molecule has 0 aliphatic heterocycles. The molecule has 0 spiro atoms. The number of aliphatic hydroxyl groups excluding tert-OH is 1. The van der Waals surface area contributed by atoms with Crippen molar-refractivity contribution in [2.75, 3.05) is 0 Å². The Balaban J connectivity index is 1.92. The molecule has 114 valence electrons. The summed E-state index contributed by atoms with van der Waals surface area (Å²) in [5, 5.41) is 10.3. The number of fused-ring (bicyclic) bond motifs is 1. The van der Waals surface area contributed by atoms with Gasteiger partial charge in [0.2, 0.25) is 10.0 Å². The zero-order valence-electron chi connectivity index (χ0n) is 11.9. The Morgan fingerprint density at radius 3 is 2.57 bits per heavy atom. The van der Waals surface area contributed by atoms with Gasteiger partial charge in [-0.05, 0) is 38.7 Å². The first-order valence-corrected chi connectivity index (χ1v) is 9.46. The predicted octanol–water partition coefficient (Wildman–Crippen LogP) is 2.79. The van der Waals surface area contributed by atoms with Crippen molar-refractivity contribution in [2.24, 2.45) is 0 Å². The van der Waals surface area contributed by atoms with Crippen LogP contribution >= 0.6 is 11.3 Å². The predicted molar refractivity (Wildman–Crippen MR) is 85.1 cm³/mol. The molecule has 2 N–H and O–H groups in total. The van der Waals surface area contributed by atoms with Crippen molar-refractivity contribution in [2.45, 2.75) is 49.6 Å². The first-order chi connectivity index (χ1) is 9.97. The second kappa shape index (κ2) is 5.68. The van der Waals surface area contributed by atoms with E-state index in [4.69, 9.17) is 0 Å². The SMILES string of the molecule is Cc1sc2ccccc2c1S(=O)(=O)NC1CCC(O)CC1. The molecular formula is C15H19NO3S2. The molecule has 0 bridgehead atoms. The minimum atomic E-state index is -3.51. The number of aryl methyl sites for hydroxylation is 1. The standard InChI is InChI=1S/C15H19NO3S2/c1-10-15(13-4-2-3-5-14(13)20-10)21(18,19)16-11-6-8-12(17)9-7-11/h2-5,11-12,16-17H,6-9H2,1H3. The maximum Gasteiger partial charge on any atom is 0.242 e. The first-order valence-electron chi connectivity index (χ1n) is 7.16. The fourth-order valence-electron chi connectivity index (χ4n) is 2.95. The van der Waals surface area contributed by atoms with Gasteiger partial charge in [0.15, 0.2) is 0 Å². The molecule has 2 aromatic rings. The van der Waals surface area contributed by atoms with Gasteiger partial charge in [0, 0.05) is 21.0 Å². The number of aliphatic hydroxyl groups is 1. The Bertz CT molecular complexity index is 743. The van der Waals surface area contributed by atoms with E-state index in [1.165, 1.54) is 11.3 Å². The summed E-state index contributed by atoms with van der Waals surface area (Å²) in [5.41, 5.74) is 0. The number of hydrogen-bond donors (Lipinski definition) is 2. The minimum absolute atomic E-state index is 0.0727. The van der Waals surface area contributed by atoms with Gasteiger partial charge in [0.05, 0.1) is 6.10 Å². The molecule has 1 aromatic heterocycles. The lowest BCUT2D eigenvalue weighted by Gasteiger charge is -2.26. The monoisotopic (exact) mass is 325 g/mol. The summed E-state index contributed by atoms with van der Waals surface area (Å²) < 4.78 is 29.2. The highest BCUT2D eigenvalue weighted by Crippen LogP contribution is 2.34. The summed E-state index contributed by atoms with van der Waals surface area (Å²) in [6.07, 6.45) is 2.44. The van der Waals surface area contributed by atoms with Crippen LogP contribution in [0, 0.1) is 6.92 Å². The third kappa shape index (κ3) is 2.99. The van der Waals surface area contributed by atoms with Crippen molar-refractivity contribution in [3.05, 3.63) is 29.1 Å². The maximum absolute atomic E-state index is 12.7. The summed E-state index contributed by atoms with van der Waals surface area (Å²) in [5.74, 6) is 0. The number of nitrogens with one attached hydrogen (secondary N) is 1. The first kappa shape index (κ1) is 15.0. The van der Waals surface area contributed by atoms with Crippen LogP contribution in [0.3, 0.4) is 0 Å². The number of benzene rings is 1. The van der Waals surface area contributed by atoms with Gasteiger partial charge in [0.1, 0.15) is 4.90 Å². The minimum Gasteiger partial charge on any atom is -0.393 e. The van der Waals surface area contributed by atoms with Crippen molar-refractivity contribution in [1.82, 2.24) is 4.72 Å². The number of thiophene rings is 1. The Morgan fingerprint density at radius 2 is 1.86 bits per heavy atom. The van der Waals surface area contributed by atoms with E-state index in [1.807, 2.05) is 31.2 Å². The smallest absolute Gasteiger partial charge is 0.242 e. The molecule has 3 rings (SSSR count). The quantitative estimate of drug-likeness (QED) is 0.912. The fourth-order valence-corrected chi connectivity index (χ4v) is 6.07. The van der Waals surface area contributed by atoms with Crippen molar-refractivity contribution in [3.8, 4) is 0 Å². The number of rotatable bonds is 3. The van der Waals surface area contributed by atoms with Crippen LogP contribution in [0.5, 0.6) is 0 Å². The Hall–Kier alpha value is -0.950. The summed E-state index contributed by atoms with van der Waals surface area (Å²) >= 11 is 1.51. The maximum atomic E-state index is 12.7. The van der Waals surface area contributed by atoms with Crippen LogP contribution in [0.15, 0.2) is 29.2 Å². The highest BCUT2D eigenvalue weighted by Gasteiger charge is 2.28. The zero-order chi connectivity index (χ0) is 15.0. The van der Waals surface area contributed by atoms with Crippen molar-refractivity contribution in [3.63, 3.8) is 0 Å². The highest BCUT2D eigenvalue weighted by molar-refractivity contribution is 7.90. The third-order valence-corrected chi connectivity index (χ3v) is 6.92. The summed E-state index contributed by atoms with van der Waals surface area (Å²) in [6.45, 7) is 1.85. The van der Waals surface area contributed by atoms with Gasteiger partial charge >= 0.3 is 0 Å². The van der Waals surface area contributed by atoms with E-state index in [0.717, 1.165) is 15.0 Å². The third-order valence-electron chi connectivity index (χ3n) is 4.00. The zero-order valence-corrected chi connectivity index (χ0v) is 13.5. The van der Waals surface area contributed by atoms with Crippen LogP contribution < -0.4 is 4.72 Å².